The minimum absolute atomic E-state index is 0.00231. The summed E-state index contributed by atoms with van der Waals surface area (Å²) in [7, 11) is 0. The van der Waals surface area contributed by atoms with Gasteiger partial charge in [-0.3, -0.25) is 0 Å². The number of carboxylic acids is 1. The van der Waals surface area contributed by atoms with E-state index in [0.717, 1.165) is 3.07 Å². The van der Waals surface area contributed by atoms with Crippen molar-refractivity contribution in [2.75, 3.05) is 0 Å². The molecule has 3 nitrogen and oxygen atoms in total. The van der Waals surface area contributed by atoms with Crippen molar-refractivity contribution in [3.05, 3.63) is 23.8 Å². The summed E-state index contributed by atoms with van der Waals surface area (Å²) in [5.74, 6) is -1.23. The topological polar surface area (TPSA) is 57.5 Å². The molecule has 1 aromatic rings. The zero-order valence-electron chi connectivity index (χ0n) is 5.74. The van der Waals surface area contributed by atoms with Crippen LogP contribution in [0.25, 0.3) is 0 Å². The van der Waals surface area contributed by atoms with Crippen LogP contribution in [0.15, 0.2) is 18.2 Å². The van der Waals surface area contributed by atoms with Crippen LogP contribution in [-0.4, -0.2) is 16.2 Å². The van der Waals surface area contributed by atoms with E-state index in [0.29, 0.717) is 26.1 Å². The maximum absolute atomic E-state index is 10.4. The average molecular weight is 338 g/mol. The van der Waals surface area contributed by atoms with Gasteiger partial charge >= 0.3 is 79.7 Å². The number of carbonyl (C=O) groups is 1. The fourth-order valence-corrected chi connectivity index (χ4v) is 2.01. The van der Waals surface area contributed by atoms with E-state index in [4.69, 9.17) is 10.2 Å². The molecule has 0 amide bonds. The SMILES string of the molecule is O=C(O)c1c[c]([Hg])ccc1O. The Hall–Kier alpha value is -0.575. The summed E-state index contributed by atoms with van der Waals surface area (Å²) >= 11 is 0.400. The van der Waals surface area contributed by atoms with Gasteiger partial charge in [0.25, 0.3) is 0 Å². The van der Waals surface area contributed by atoms with Crippen LogP contribution in [0.1, 0.15) is 10.4 Å². The van der Waals surface area contributed by atoms with Crippen LogP contribution in [0, 0.1) is 0 Å². The second-order valence-corrected chi connectivity index (χ2v) is 5.33. The molecule has 0 aliphatic carbocycles. The molecular weight excluding hydrogens is 333 g/mol. The van der Waals surface area contributed by atoms with E-state index < -0.39 is 5.97 Å². The van der Waals surface area contributed by atoms with Crippen LogP contribution in [0.3, 0.4) is 0 Å². The van der Waals surface area contributed by atoms with Gasteiger partial charge in [0.2, 0.25) is 0 Å². The summed E-state index contributed by atoms with van der Waals surface area (Å²) in [5.41, 5.74) is -0.00231. The molecule has 0 unspecified atom stereocenters. The van der Waals surface area contributed by atoms with Gasteiger partial charge in [0.15, 0.2) is 0 Å². The Morgan fingerprint density at radius 1 is 1.45 bits per heavy atom. The average Bonchev–Trinajstić information content (AvgIpc) is 1.94. The van der Waals surface area contributed by atoms with Gasteiger partial charge in [0.05, 0.1) is 0 Å². The first-order chi connectivity index (χ1) is 5.11. The first-order valence-corrected chi connectivity index (χ1v) is 5.74. The van der Waals surface area contributed by atoms with Crippen LogP contribution in [-0.2, 0) is 26.1 Å². The Morgan fingerprint density at radius 3 is 2.55 bits per heavy atom. The monoisotopic (exact) mass is 339 g/mol. The maximum atomic E-state index is 10.4. The van der Waals surface area contributed by atoms with E-state index in [1.165, 1.54) is 12.1 Å². The molecular formula is C7H5HgO3. The van der Waals surface area contributed by atoms with Gasteiger partial charge in [-0.25, -0.2) is 0 Å². The van der Waals surface area contributed by atoms with E-state index >= 15 is 0 Å². The molecule has 53 valence electrons. The van der Waals surface area contributed by atoms with E-state index in [-0.39, 0.29) is 11.3 Å². The zero-order chi connectivity index (χ0) is 8.43. The summed E-state index contributed by atoms with van der Waals surface area (Å²) < 4.78 is 1.01. The number of phenols is 1. The van der Waals surface area contributed by atoms with Gasteiger partial charge in [-0.1, -0.05) is 0 Å². The number of benzene rings is 1. The zero-order valence-corrected chi connectivity index (χ0v) is 11.2. The normalized spacial score (nSPS) is 9.64. The van der Waals surface area contributed by atoms with Crippen molar-refractivity contribution in [2.45, 2.75) is 0 Å². The molecule has 0 spiro atoms. The Bertz CT molecular complexity index is 296. The van der Waals surface area contributed by atoms with Gasteiger partial charge in [-0.15, -0.1) is 0 Å². The second-order valence-electron chi connectivity index (χ2n) is 2.16. The summed E-state index contributed by atoms with van der Waals surface area (Å²) in [4.78, 5) is 10.4. The quantitative estimate of drug-likeness (QED) is 0.723. The molecule has 0 atom stereocenters. The number of aromatic carboxylic acids is 1. The number of aromatic hydroxyl groups is 1. The van der Waals surface area contributed by atoms with Gasteiger partial charge < -0.3 is 0 Å². The minimum atomic E-state index is -1.07. The molecule has 0 heterocycles. The van der Waals surface area contributed by atoms with Crippen LogP contribution < -0.4 is 3.07 Å². The number of hydrogen-bond donors (Lipinski definition) is 2. The van der Waals surface area contributed by atoms with Gasteiger partial charge in [0, 0.05) is 0 Å². The molecule has 0 aliphatic rings. The third kappa shape index (κ3) is 1.93. The van der Waals surface area contributed by atoms with Crippen LogP contribution in [0.2, 0.25) is 0 Å². The van der Waals surface area contributed by atoms with Crippen LogP contribution in [0.4, 0.5) is 0 Å². The first kappa shape index (κ1) is 8.52. The molecule has 0 aromatic heterocycles. The summed E-state index contributed by atoms with van der Waals surface area (Å²) in [6.07, 6.45) is 0. The Balaban J connectivity index is 3.23. The molecule has 1 rings (SSSR count). The molecule has 0 bridgehead atoms. The van der Waals surface area contributed by atoms with Gasteiger partial charge in [-0.05, 0) is 0 Å². The molecule has 0 aliphatic heterocycles. The third-order valence-electron chi connectivity index (χ3n) is 1.29. The predicted octanol–water partition coefficient (Wildman–Crippen LogP) is 0.263. The summed E-state index contributed by atoms with van der Waals surface area (Å²) in [5, 5.41) is 17.6. The van der Waals surface area contributed by atoms with E-state index in [2.05, 4.69) is 0 Å². The molecule has 1 aromatic carbocycles. The third-order valence-corrected chi connectivity index (χ3v) is 3.00. The number of hydrogen-bond acceptors (Lipinski definition) is 2. The summed E-state index contributed by atoms with van der Waals surface area (Å²) in [6, 6.07) is 4.68. The molecule has 0 fully saturated rings. The van der Waals surface area contributed by atoms with Crippen molar-refractivity contribution >= 4 is 9.04 Å². The van der Waals surface area contributed by atoms with Crippen molar-refractivity contribution in [1.29, 1.82) is 0 Å². The van der Waals surface area contributed by atoms with Gasteiger partial charge in [0.1, 0.15) is 0 Å². The molecule has 0 radical (unpaired) electrons. The summed E-state index contributed by atoms with van der Waals surface area (Å²) in [6.45, 7) is 0. The Labute approximate surface area is 79.6 Å². The van der Waals surface area contributed by atoms with Crippen molar-refractivity contribution < 1.29 is 41.1 Å². The molecule has 0 saturated carbocycles. The Morgan fingerprint density at radius 2 is 2.09 bits per heavy atom. The van der Waals surface area contributed by atoms with Crippen molar-refractivity contribution in [1.82, 2.24) is 0 Å². The van der Waals surface area contributed by atoms with E-state index in [9.17, 15) is 4.79 Å². The molecule has 2 N–H and O–H groups in total. The molecule has 0 saturated heterocycles. The fourth-order valence-electron chi connectivity index (χ4n) is 0.754. The standard InChI is InChI=1S/C7H5O3.Hg/c8-6-4-2-1-3-5(6)7(9)10;/h2-4,8H,(H,9,10);. The van der Waals surface area contributed by atoms with E-state index in [1.807, 2.05) is 0 Å². The number of rotatable bonds is 1. The van der Waals surface area contributed by atoms with Crippen LogP contribution in [0.5, 0.6) is 5.75 Å². The van der Waals surface area contributed by atoms with Crippen LogP contribution >= 0.6 is 0 Å². The first-order valence-electron chi connectivity index (χ1n) is 2.99. The molecule has 11 heavy (non-hydrogen) atoms. The Kier molecular flexibility index (Phi) is 2.49. The van der Waals surface area contributed by atoms with E-state index in [1.54, 1.807) is 6.07 Å². The second kappa shape index (κ2) is 3.22. The predicted molar refractivity (Wildman–Crippen MR) is 34.7 cm³/mol. The van der Waals surface area contributed by atoms with Gasteiger partial charge in [-0.2, -0.15) is 0 Å². The van der Waals surface area contributed by atoms with Crippen molar-refractivity contribution in [2.24, 2.45) is 0 Å². The molecule has 4 heteroatoms. The van der Waals surface area contributed by atoms with Crippen molar-refractivity contribution in [3.63, 3.8) is 0 Å². The fraction of sp³-hybridized carbons (Fsp3) is 0. The number of carboxylic acid groups (broad SMARTS) is 1. The van der Waals surface area contributed by atoms with Crippen molar-refractivity contribution in [3.8, 4) is 5.75 Å².